The fourth-order valence-electron chi connectivity index (χ4n) is 2.67. The molecule has 0 saturated heterocycles. The molecule has 0 radical (unpaired) electrons. The lowest BCUT2D eigenvalue weighted by molar-refractivity contribution is -0.142. The van der Waals surface area contributed by atoms with E-state index in [1.807, 2.05) is 26.0 Å². The van der Waals surface area contributed by atoms with Crippen molar-refractivity contribution in [1.82, 2.24) is 9.55 Å². The van der Waals surface area contributed by atoms with Crippen molar-refractivity contribution in [2.45, 2.75) is 33.7 Å². The van der Waals surface area contributed by atoms with Crippen molar-refractivity contribution in [3.05, 3.63) is 51.9 Å². The molecule has 0 unspecified atom stereocenters. The first-order valence-corrected chi connectivity index (χ1v) is 9.10. The van der Waals surface area contributed by atoms with E-state index in [0.29, 0.717) is 5.02 Å². The Morgan fingerprint density at radius 2 is 2.14 bits per heavy atom. The van der Waals surface area contributed by atoms with Gasteiger partial charge in [-0.25, -0.2) is 9.78 Å². The van der Waals surface area contributed by atoms with Gasteiger partial charge in [-0.15, -0.1) is 0 Å². The molecule has 146 valence electrons. The second-order valence-electron chi connectivity index (χ2n) is 6.13. The maximum atomic E-state index is 12.2. The van der Waals surface area contributed by atoms with Crippen LogP contribution < -0.4 is 5.32 Å². The van der Waals surface area contributed by atoms with E-state index in [2.05, 4.69) is 21.8 Å². The summed E-state index contributed by atoms with van der Waals surface area (Å²) in [7, 11) is 0. The quantitative estimate of drug-likeness (QED) is 0.434. The lowest BCUT2D eigenvalue weighted by Gasteiger charge is -2.07. The summed E-state index contributed by atoms with van der Waals surface area (Å²) in [5.41, 5.74) is 2.61. The van der Waals surface area contributed by atoms with Crippen LogP contribution in [-0.4, -0.2) is 28.0 Å². The van der Waals surface area contributed by atoms with Crippen LogP contribution in [0, 0.1) is 25.2 Å². The van der Waals surface area contributed by atoms with Crippen molar-refractivity contribution in [3.8, 4) is 6.07 Å². The SMILES string of the molecule is CCCn1c(C)cc(/C=C(\C#N)C(=O)OCC(=O)Nc2ccc(Cl)cn2)c1C. The third kappa shape index (κ3) is 5.44. The van der Waals surface area contributed by atoms with Crippen LogP contribution in [0.15, 0.2) is 30.0 Å². The number of halogens is 1. The van der Waals surface area contributed by atoms with E-state index >= 15 is 0 Å². The van der Waals surface area contributed by atoms with Crippen molar-refractivity contribution in [2.24, 2.45) is 0 Å². The molecule has 0 bridgehead atoms. The standard InChI is InChI=1S/C20H21ClN4O3/c1-4-7-25-13(2)8-15(14(25)3)9-16(10-22)20(27)28-12-19(26)24-18-6-5-17(21)11-23-18/h5-6,8-9,11H,4,7,12H2,1-3H3,(H,23,24,26)/b16-9+. The third-order valence-electron chi connectivity index (χ3n) is 4.03. The number of pyridine rings is 1. The van der Waals surface area contributed by atoms with Crippen molar-refractivity contribution >= 4 is 35.4 Å². The molecule has 28 heavy (non-hydrogen) atoms. The van der Waals surface area contributed by atoms with E-state index in [1.165, 1.54) is 18.3 Å². The Balaban J connectivity index is 2.02. The molecule has 2 aromatic rings. The Morgan fingerprint density at radius 3 is 2.75 bits per heavy atom. The smallest absolute Gasteiger partial charge is 0.349 e. The maximum Gasteiger partial charge on any atom is 0.349 e. The van der Waals surface area contributed by atoms with Gasteiger partial charge in [0, 0.05) is 24.1 Å². The number of carbonyl (C=O) groups is 2. The van der Waals surface area contributed by atoms with Crippen LogP contribution in [0.2, 0.25) is 5.02 Å². The van der Waals surface area contributed by atoms with E-state index in [1.54, 1.807) is 6.07 Å². The van der Waals surface area contributed by atoms with Crippen LogP contribution in [0.1, 0.15) is 30.3 Å². The second-order valence-corrected chi connectivity index (χ2v) is 6.57. The molecule has 0 aliphatic heterocycles. The normalized spacial score (nSPS) is 11.0. The monoisotopic (exact) mass is 400 g/mol. The molecular weight excluding hydrogens is 380 g/mol. The van der Waals surface area contributed by atoms with Gasteiger partial charge in [0.15, 0.2) is 6.61 Å². The number of hydrogen-bond acceptors (Lipinski definition) is 5. The molecule has 8 heteroatoms. The lowest BCUT2D eigenvalue weighted by Crippen LogP contribution is -2.21. The number of esters is 1. The average Bonchev–Trinajstić information content (AvgIpc) is 2.93. The molecule has 0 aliphatic rings. The Kier molecular flexibility index (Phi) is 7.36. The zero-order valence-corrected chi connectivity index (χ0v) is 16.7. The number of anilines is 1. The lowest BCUT2D eigenvalue weighted by atomic mass is 10.1. The fraction of sp³-hybridized carbons (Fsp3) is 0.300. The molecule has 7 nitrogen and oxygen atoms in total. The van der Waals surface area contributed by atoms with Crippen molar-refractivity contribution < 1.29 is 14.3 Å². The molecule has 0 saturated carbocycles. The number of aromatic nitrogens is 2. The Morgan fingerprint density at radius 1 is 1.39 bits per heavy atom. The first-order chi connectivity index (χ1) is 13.3. The van der Waals surface area contributed by atoms with E-state index in [0.717, 1.165) is 29.9 Å². The zero-order valence-electron chi connectivity index (χ0n) is 16.0. The number of rotatable bonds is 7. The summed E-state index contributed by atoms with van der Waals surface area (Å²) in [5, 5.41) is 12.2. The van der Waals surface area contributed by atoms with Gasteiger partial charge in [0.1, 0.15) is 17.5 Å². The van der Waals surface area contributed by atoms with Gasteiger partial charge in [-0.05, 0) is 50.1 Å². The molecule has 0 spiro atoms. The molecule has 2 rings (SSSR count). The van der Waals surface area contributed by atoms with Crippen LogP contribution in [0.5, 0.6) is 0 Å². The molecule has 0 aromatic carbocycles. The minimum atomic E-state index is -0.859. The largest absolute Gasteiger partial charge is 0.451 e. The number of amides is 1. The van der Waals surface area contributed by atoms with Gasteiger partial charge in [0.05, 0.1) is 5.02 Å². The van der Waals surface area contributed by atoms with Crippen molar-refractivity contribution in [3.63, 3.8) is 0 Å². The van der Waals surface area contributed by atoms with Gasteiger partial charge in [0.25, 0.3) is 5.91 Å². The Labute approximate surface area is 168 Å². The number of ether oxygens (including phenoxy) is 1. The summed E-state index contributed by atoms with van der Waals surface area (Å²) >= 11 is 5.73. The molecule has 1 N–H and O–H groups in total. The van der Waals surface area contributed by atoms with E-state index in [4.69, 9.17) is 16.3 Å². The van der Waals surface area contributed by atoms with Gasteiger partial charge in [-0.3, -0.25) is 4.79 Å². The highest BCUT2D eigenvalue weighted by Gasteiger charge is 2.15. The van der Waals surface area contributed by atoms with Crippen LogP contribution >= 0.6 is 11.6 Å². The number of hydrogen-bond donors (Lipinski definition) is 1. The number of nitriles is 1. The predicted octanol–water partition coefficient (Wildman–Crippen LogP) is 3.65. The van der Waals surface area contributed by atoms with Crippen LogP contribution in [0.3, 0.4) is 0 Å². The third-order valence-corrected chi connectivity index (χ3v) is 4.25. The highest BCUT2D eigenvalue weighted by Crippen LogP contribution is 2.19. The van der Waals surface area contributed by atoms with Gasteiger partial charge in [-0.2, -0.15) is 5.26 Å². The minimum Gasteiger partial charge on any atom is -0.451 e. The second kappa shape index (κ2) is 9.72. The molecule has 2 aromatic heterocycles. The van der Waals surface area contributed by atoms with Gasteiger partial charge in [-0.1, -0.05) is 18.5 Å². The summed E-state index contributed by atoms with van der Waals surface area (Å²) in [6, 6.07) is 6.84. The highest BCUT2D eigenvalue weighted by atomic mass is 35.5. The summed E-state index contributed by atoms with van der Waals surface area (Å²) < 4.78 is 7.07. The van der Waals surface area contributed by atoms with Crippen LogP contribution in [-0.2, 0) is 20.9 Å². The zero-order chi connectivity index (χ0) is 20.7. The summed E-state index contributed by atoms with van der Waals surface area (Å²) in [6.45, 7) is 6.31. The summed E-state index contributed by atoms with van der Waals surface area (Å²) in [5.74, 6) is -1.14. The minimum absolute atomic E-state index is 0.172. The number of nitrogens with one attached hydrogen (secondary N) is 1. The Bertz CT molecular complexity index is 940. The summed E-state index contributed by atoms with van der Waals surface area (Å²) in [4.78, 5) is 28.0. The highest BCUT2D eigenvalue weighted by molar-refractivity contribution is 6.30. The van der Waals surface area contributed by atoms with E-state index in [9.17, 15) is 14.9 Å². The van der Waals surface area contributed by atoms with Crippen LogP contribution in [0.25, 0.3) is 6.08 Å². The number of carbonyl (C=O) groups excluding carboxylic acids is 2. The average molecular weight is 401 g/mol. The molecule has 0 aliphatic carbocycles. The molecular formula is C20H21ClN4O3. The van der Waals surface area contributed by atoms with Gasteiger partial charge < -0.3 is 14.6 Å². The number of nitrogens with zero attached hydrogens (tertiary/aromatic N) is 3. The van der Waals surface area contributed by atoms with E-state index in [-0.39, 0.29) is 11.4 Å². The van der Waals surface area contributed by atoms with Crippen molar-refractivity contribution in [2.75, 3.05) is 11.9 Å². The molecule has 0 atom stereocenters. The maximum absolute atomic E-state index is 12.2. The fourth-order valence-corrected chi connectivity index (χ4v) is 2.78. The Hall–Kier alpha value is -3.11. The summed E-state index contributed by atoms with van der Waals surface area (Å²) in [6.07, 6.45) is 3.84. The molecule has 2 heterocycles. The predicted molar refractivity (Wildman–Crippen MR) is 107 cm³/mol. The van der Waals surface area contributed by atoms with E-state index < -0.39 is 18.5 Å². The van der Waals surface area contributed by atoms with Crippen molar-refractivity contribution in [1.29, 1.82) is 5.26 Å². The van der Waals surface area contributed by atoms with Gasteiger partial charge in [0.2, 0.25) is 0 Å². The topological polar surface area (TPSA) is 97.0 Å². The van der Waals surface area contributed by atoms with Gasteiger partial charge >= 0.3 is 5.97 Å². The first-order valence-electron chi connectivity index (χ1n) is 8.72. The number of aryl methyl sites for hydroxylation is 1. The van der Waals surface area contributed by atoms with Crippen LogP contribution in [0.4, 0.5) is 5.82 Å². The first kappa shape index (κ1) is 21.2. The molecule has 1 amide bonds. The molecule has 0 fully saturated rings.